The highest BCUT2D eigenvalue weighted by Gasteiger charge is 2.23. The van der Waals surface area contributed by atoms with Gasteiger partial charge < -0.3 is 9.52 Å². The first-order valence-corrected chi connectivity index (χ1v) is 6.12. The molecule has 1 fully saturated rings. The average molecular weight is 237 g/mol. The van der Waals surface area contributed by atoms with E-state index in [2.05, 4.69) is 18.7 Å². The molecule has 94 valence electrons. The molecule has 1 aliphatic rings. The van der Waals surface area contributed by atoms with Crippen LogP contribution in [0.5, 0.6) is 0 Å². The van der Waals surface area contributed by atoms with E-state index in [1.54, 1.807) is 6.07 Å². The Morgan fingerprint density at radius 2 is 2.24 bits per heavy atom. The van der Waals surface area contributed by atoms with Gasteiger partial charge in [0.25, 0.3) is 0 Å². The minimum atomic E-state index is -1.00. The Morgan fingerprint density at radius 3 is 2.88 bits per heavy atom. The van der Waals surface area contributed by atoms with Crippen molar-refractivity contribution in [3.8, 4) is 0 Å². The fourth-order valence-electron chi connectivity index (χ4n) is 2.38. The van der Waals surface area contributed by atoms with Gasteiger partial charge in [-0.1, -0.05) is 6.92 Å². The molecule has 2 unspecified atom stereocenters. The van der Waals surface area contributed by atoms with Gasteiger partial charge in [-0.3, -0.25) is 4.90 Å². The number of nitrogens with zero attached hydrogens (tertiary/aromatic N) is 1. The van der Waals surface area contributed by atoms with Crippen LogP contribution < -0.4 is 0 Å². The zero-order valence-corrected chi connectivity index (χ0v) is 10.3. The van der Waals surface area contributed by atoms with E-state index in [-0.39, 0.29) is 5.76 Å². The van der Waals surface area contributed by atoms with Crippen LogP contribution in [-0.2, 0) is 6.54 Å². The predicted molar refractivity (Wildman–Crippen MR) is 63.9 cm³/mol. The molecule has 2 rings (SSSR count). The molecule has 1 aromatic heterocycles. The van der Waals surface area contributed by atoms with Gasteiger partial charge >= 0.3 is 5.97 Å². The van der Waals surface area contributed by atoms with Gasteiger partial charge in [-0.2, -0.15) is 0 Å². The third-order valence-corrected chi connectivity index (χ3v) is 3.48. The van der Waals surface area contributed by atoms with Crippen molar-refractivity contribution in [1.82, 2.24) is 4.90 Å². The molecule has 0 aliphatic carbocycles. The standard InChI is InChI=1S/C13H19NO3/c1-9-3-4-10(2)14(7-9)8-11-5-6-12(17-11)13(15)16/h5-6,9-10H,3-4,7-8H2,1-2H3,(H,15,16). The fourth-order valence-corrected chi connectivity index (χ4v) is 2.38. The van der Waals surface area contributed by atoms with Crippen LogP contribution in [0.25, 0.3) is 0 Å². The summed E-state index contributed by atoms with van der Waals surface area (Å²) in [4.78, 5) is 13.1. The summed E-state index contributed by atoms with van der Waals surface area (Å²) >= 11 is 0. The Morgan fingerprint density at radius 1 is 1.47 bits per heavy atom. The number of piperidine rings is 1. The van der Waals surface area contributed by atoms with Crippen LogP contribution in [-0.4, -0.2) is 28.6 Å². The quantitative estimate of drug-likeness (QED) is 0.878. The van der Waals surface area contributed by atoms with E-state index in [1.165, 1.54) is 18.9 Å². The van der Waals surface area contributed by atoms with Gasteiger partial charge in [0.1, 0.15) is 5.76 Å². The molecule has 17 heavy (non-hydrogen) atoms. The number of hydrogen-bond acceptors (Lipinski definition) is 3. The highest BCUT2D eigenvalue weighted by atomic mass is 16.4. The molecular weight excluding hydrogens is 218 g/mol. The summed E-state index contributed by atoms with van der Waals surface area (Å²) < 4.78 is 5.29. The minimum absolute atomic E-state index is 0.0257. The lowest BCUT2D eigenvalue weighted by Gasteiger charge is -2.36. The number of furan rings is 1. The van der Waals surface area contributed by atoms with Crippen LogP contribution in [0.1, 0.15) is 43.0 Å². The summed E-state index contributed by atoms with van der Waals surface area (Å²) in [6.07, 6.45) is 2.48. The highest BCUT2D eigenvalue weighted by molar-refractivity contribution is 5.84. The number of rotatable bonds is 3. The SMILES string of the molecule is CC1CCC(C)N(Cc2ccc(C(=O)O)o2)C1. The Labute approximate surface area is 101 Å². The van der Waals surface area contributed by atoms with E-state index >= 15 is 0 Å². The molecule has 0 saturated carbocycles. The van der Waals surface area contributed by atoms with Crippen molar-refractivity contribution < 1.29 is 14.3 Å². The third kappa shape index (κ3) is 2.88. The molecule has 2 atom stereocenters. The molecule has 0 bridgehead atoms. The van der Waals surface area contributed by atoms with Crippen molar-refractivity contribution in [1.29, 1.82) is 0 Å². The topological polar surface area (TPSA) is 53.7 Å². The summed E-state index contributed by atoms with van der Waals surface area (Å²) in [6, 6.07) is 3.83. The third-order valence-electron chi connectivity index (χ3n) is 3.48. The Bertz CT molecular complexity index is 399. The van der Waals surface area contributed by atoms with Crippen LogP contribution >= 0.6 is 0 Å². The first-order chi connectivity index (χ1) is 8.06. The minimum Gasteiger partial charge on any atom is -0.475 e. The lowest BCUT2D eigenvalue weighted by molar-refractivity contribution is 0.0652. The van der Waals surface area contributed by atoms with Crippen molar-refractivity contribution in [3.05, 3.63) is 23.7 Å². The zero-order valence-electron chi connectivity index (χ0n) is 10.3. The highest BCUT2D eigenvalue weighted by Crippen LogP contribution is 2.23. The van der Waals surface area contributed by atoms with Gasteiger partial charge in [-0.05, 0) is 37.8 Å². The van der Waals surface area contributed by atoms with E-state index in [0.717, 1.165) is 12.3 Å². The number of likely N-dealkylation sites (tertiary alicyclic amines) is 1. The van der Waals surface area contributed by atoms with E-state index in [0.29, 0.717) is 18.5 Å². The molecule has 4 nitrogen and oxygen atoms in total. The van der Waals surface area contributed by atoms with Gasteiger partial charge in [-0.15, -0.1) is 0 Å². The molecule has 0 spiro atoms. The maximum absolute atomic E-state index is 10.7. The molecule has 1 aliphatic heterocycles. The molecule has 2 heterocycles. The summed E-state index contributed by atoms with van der Waals surface area (Å²) in [5, 5.41) is 8.79. The van der Waals surface area contributed by atoms with E-state index in [9.17, 15) is 4.79 Å². The Kier molecular flexibility index (Phi) is 3.52. The molecule has 1 N–H and O–H groups in total. The monoisotopic (exact) mass is 237 g/mol. The van der Waals surface area contributed by atoms with Crippen molar-refractivity contribution >= 4 is 5.97 Å². The smallest absolute Gasteiger partial charge is 0.371 e. The van der Waals surface area contributed by atoms with E-state index in [1.807, 2.05) is 0 Å². The lowest BCUT2D eigenvalue weighted by atomic mass is 9.95. The molecule has 1 saturated heterocycles. The molecule has 1 aromatic rings. The fraction of sp³-hybridized carbons (Fsp3) is 0.615. The predicted octanol–water partition coefficient (Wildman–Crippen LogP) is 2.60. The summed E-state index contributed by atoms with van der Waals surface area (Å²) in [7, 11) is 0. The average Bonchev–Trinajstić information content (AvgIpc) is 2.72. The molecule has 0 amide bonds. The molecule has 4 heteroatoms. The zero-order chi connectivity index (χ0) is 12.4. The van der Waals surface area contributed by atoms with Crippen LogP contribution in [0.4, 0.5) is 0 Å². The Balaban J connectivity index is 2.01. The van der Waals surface area contributed by atoms with Crippen molar-refractivity contribution in [3.63, 3.8) is 0 Å². The second-order valence-corrected chi connectivity index (χ2v) is 5.03. The largest absolute Gasteiger partial charge is 0.475 e. The number of carboxylic acids is 1. The molecule has 0 aromatic carbocycles. The normalized spacial score (nSPS) is 26.0. The van der Waals surface area contributed by atoms with Gasteiger partial charge in [0, 0.05) is 12.6 Å². The van der Waals surface area contributed by atoms with Gasteiger partial charge in [0.15, 0.2) is 0 Å². The summed E-state index contributed by atoms with van der Waals surface area (Å²) in [5.41, 5.74) is 0. The van der Waals surface area contributed by atoms with Crippen LogP contribution in [0.2, 0.25) is 0 Å². The number of aromatic carboxylic acids is 1. The maximum atomic E-state index is 10.7. The first kappa shape index (κ1) is 12.2. The van der Waals surface area contributed by atoms with Crippen LogP contribution in [0.15, 0.2) is 16.5 Å². The molecular formula is C13H19NO3. The number of carboxylic acid groups (broad SMARTS) is 1. The van der Waals surface area contributed by atoms with Crippen LogP contribution in [0.3, 0.4) is 0 Å². The van der Waals surface area contributed by atoms with E-state index in [4.69, 9.17) is 9.52 Å². The second-order valence-electron chi connectivity index (χ2n) is 5.03. The maximum Gasteiger partial charge on any atom is 0.371 e. The van der Waals surface area contributed by atoms with Gasteiger partial charge in [-0.25, -0.2) is 4.79 Å². The van der Waals surface area contributed by atoms with Crippen molar-refractivity contribution in [2.45, 2.75) is 39.3 Å². The number of carbonyl (C=O) groups is 1. The lowest BCUT2D eigenvalue weighted by Crippen LogP contribution is -2.40. The number of hydrogen-bond donors (Lipinski definition) is 1. The van der Waals surface area contributed by atoms with Crippen molar-refractivity contribution in [2.75, 3.05) is 6.54 Å². The summed E-state index contributed by atoms with van der Waals surface area (Å²) in [6.45, 7) is 6.24. The first-order valence-electron chi connectivity index (χ1n) is 6.12. The summed E-state index contributed by atoms with van der Waals surface area (Å²) in [5.74, 6) is 0.470. The van der Waals surface area contributed by atoms with Crippen molar-refractivity contribution in [2.24, 2.45) is 5.92 Å². The Hall–Kier alpha value is -1.29. The second kappa shape index (κ2) is 4.92. The van der Waals surface area contributed by atoms with E-state index < -0.39 is 5.97 Å². The molecule has 0 radical (unpaired) electrons. The van der Waals surface area contributed by atoms with Gasteiger partial charge in [0.05, 0.1) is 6.54 Å². The van der Waals surface area contributed by atoms with Crippen LogP contribution in [0, 0.1) is 5.92 Å². The van der Waals surface area contributed by atoms with Gasteiger partial charge in [0.2, 0.25) is 5.76 Å².